The van der Waals surface area contributed by atoms with E-state index in [9.17, 15) is 14.9 Å². The maximum Gasteiger partial charge on any atom is 0.274 e. The summed E-state index contributed by atoms with van der Waals surface area (Å²) in [6.45, 7) is 3.24. The molecular weight excluding hydrogens is 342 g/mol. The number of hydrogen-bond donors (Lipinski definition) is 1. The van der Waals surface area contributed by atoms with Gasteiger partial charge in [-0.2, -0.15) is 0 Å². The van der Waals surface area contributed by atoms with Gasteiger partial charge in [0, 0.05) is 36.7 Å². The minimum absolute atomic E-state index is 0.0426. The number of benzene rings is 1. The van der Waals surface area contributed by atoms with E-state index < -0.39 is 4.92 Å². The predicted molar refractivity (Wildman–Crippen MR) is 80.4 cm³/mol. The van der Waals surface area contributed by atoms with Gasteiger partial charge in [0.05, 0.1) is 24.0 Å². The molecule has 1 aliphatic heterocycles. The van der Waals surface area contributed by atoms with Gasteiger partial charge in [-0.15, -0.1) is 0 Å². The van der Waals surface area contributed by atoms with Crippen LogP contribution < -0.4 is 10.1 Å². The Hall–Kier alpha value is -1.67. The fourth-order valence-corrected chi connectivity index (χ4v) is 2.53. The average molecular weight is 358 g/mol. The largest absolute Gasteiger partial charge is 0.493 e. The number of hydrogen-bond acceptors (Lipinski definition) is 5. The molecule has 1 saturated heterocycles. The van der Waals surface area contributed by atoms with E-state index in [1.165, 1.54) is 12.1 Å². The lowest BCUT2D eigenvalue weighted by Crippen LogP contribution is -2.46. The number of carbonyl (C=O) groups is 1. The molecule has 0 atom stereocenters. The molecule has 1 fully saturated rings. The molecule has 1 aromatic rings. The third kappa shape index (κ3) is 4.68. The molecule has 0 aromatic heterocycles. The number of piperazine rings is 1. The number of ether oxygens (including phenoxy) is 1. The molecule has 1 aliphatic rings. The molecule has 21 heavy (non-hydrogen) atoms. The van der Waals surface area contributed by atoms with Crippen LogP contribution in [0.15, 0.2) is 22.7 Å². The van der Waals surface area contributed by atoms with Gasteiger partial charge in [0.15, 0.2) is 0 Å². The number of carbonyl (C=O) groups excluding carboxylic acids is 1. The Morgan fingerprint density at radius 3 is 2.76 bits per heavy atom. The lowest BCUT2D eigenvalue weighted by atomic mass is 10.3. The van der Waals surface area contributed by atoms with Crippen molar-refractivity contribution in [3.05, 3.63) is 32.8 Å². The Bertz CT molecular complexity index is 532. The number of nitrogens with one attached hydrogen (secondary N) is 1. The quantitative estimate of drug-likeness (QED) is 0.638. The van der Waals surface area contributed by atoms with Crippen LogP contribution in [0.2, 0.25) is 0 Å². The fraction of sp³-hybridized carbons (Fsp3) is 0.462. The van der Waals surface area contributed by atoms with Crippen molar-refractivity contribution in [2.24, 2.45) is 0 Å². The van der Waals surface area contributed by atoms with Gasteiger partial charge in [0.1, 0.15) is 5.75 Å². The molecule has 0 unspecified atom stereocenters. The van der Waals surface area contributed by atoms with Gasteiger partial charge in [0.25, 0.3) is 5.69 Å². The molecule has 0 bridgehead atoms. The highest BCUT2D eigenvalue weighted by Gasteiger charge is 2.16. The van der Waals surface area contributed by atoms with Crippen LogP contribution in [0.25, 0.3) is 0 Å². The minimum atomic E-state index is -0.483. The summed E-state index contributed by atoms with van der Waals surface area (Å²) in [5.41, 5.74) is -0.0483. The second kappa shape index (κ2) is 7.37. The van der Waals surface area contributed by atoms with Gasteiger partial charge in [-0.1, -0.05) is 15.9 Å². The summed E-state index contributed by atoms with van der Waals surface area (Å²) in [4.78, 5) is 24.0. The van der Waals surface area contributed by atoms with Gasteiger partial charge in [-0.3, -0.25) is 14.9 Å². The molecular formula is C13H16BrN3O4. The minimum Gasteiger partial charge on any atom is -0.493 e. The fourth-order valence-electron chi connectivity index (χ4n) is 2.07. The standard InChI is InChI=1S/C13H16BrN3O4/c14-10-7-11(17(19)20)9-12(8-10)21-6-1-13(18)16-4-2-15-3-5-16/h7-9,15H,1-6H2. The Labute approximate surface area is 130 Å². The number of rotatable bonds is 5. The van der Waals surface area contributed by atoms with Crippen LogP contribution in [0.3, 0.4) is 0 Å². The van der Waals surface area contributed by atoms with E-state index in [2.05, 4.69) is 21.2 Å². The third-order valence-corrected chi connectivity index (χ3v) is 3.58. The first-order chi connectivity index (χ1) is 10.1. The lowest BCUT2D eigenvalue weighted by molar-refractivity contribution is -0.385. The maximum atomic E-state index is 11.9. The number of amides is 1. The van der Waals surface area contributed by atoms with Crippen molar-refractivity contribution >= 4 is 27.5 Å². The molecule has 0 radical (unpaired) electrons. The van der Waals surface area contributed by atoms with Crippen molar-refractivity contribution in [1.82, 2.24) is 10.2 Å². The highest BCUT2D eigenvalue weighted by atomic mass is 79.9. The molecule has 114 valence electrons. The maximum absolute atomic E-state index is 11.9. The Balaban J connectivity index is 1.85. The van der Waals surface area contributed by atoms with Crippen molar-refractivity contribution in [2.45, 2.75) is 6.42 Å². The number of nitro benzene ring substituents is 1. The normalized spacial score (nSPS) is 14.8. The molecule has 0 aliphatic carbocycles. The molecule has 1 amide bonds. The first-order valence-electron chi connectivity index (χ1n) is 6.62. The molecule has 1 aromatic carbocycles. The average Bonchev–Trinajstić information content (AvgIpc) is 2.47. The Morgan fingerprint density at radius 1 is 1.38 bits per heavy atom. The van der Waals surface area contributed by atoms with Gasteiger partial charge in [-0.05, 0) is 6.07 Å². The van der Waals surface area contributed by atoms with E-state index in [1.54, 1.807) is 11.0 Å². The summed E-state index contributed by atoms with van der Waals surface area (Å²) in [6, 6.07) is 4.39. The van der Waals surface area contributed by atoms with Gasteiger partial charge < -0.3 is 15.0 Å². The van der Waals surface area contributed by atoms with Crippen molar-refractivity contribution in [3.8, 4) is 5.75 Å². The summed E-state index contributed by atoms with van der Waals surface area (Å²) in [7, 11) is 0. The SMILES string of the molecule is O=C(CCOc1cc(Br)cc([N+](=O)[O-])c1)N1CCNCC1. The van der Waals surface area contributed by atoms with E-state index >= 15 is 0 Å². The lowest BCUT2D eigenvalue weighted by Gasteiger charge is -2.27. The number of nitro groups is 1. The van der Waals surface area contributed by atoms with Crippen molar-refractivity contribution in [2.75, 3.05) is 32.8 Å². The predicted octanol–water partition coefficient (Wildman–Crippen LogP) is 1.56. The van der Waals surface area contributed by atoms with Crippen molar-refractivity contribution < 1.29 is 14.5 Å². The number of halogens is 1. The smallest absolute Gasteiger partial charge is 0.274 e. The van der Waals surface area contributed by atoms with Crippen LogP contribution in [-0.4, -0.2) is 48.5 Å². The highest BCUT2D eigenvalue weighted by molar-refractivity contribution is 9.10. The van der Waals surface area contributed by atoms with Crippen LogP contribution in [-0.2, 0) is 4.79 Å². The summed E-state index contributed by atoms with van der Waals surface area (Å²) in [5, 5.41) is 13.9. The molecule has 7 nitrogen and oxygen atoms in total. The van der Waals surface area contributed by atoms with Crippen LogP contribution in [0.5, 0.6) is 5.75 Å². The molecule has 2 rings (SSSR count). The number of nitrogens with zero attached hydrogens (tertiary/aromatic N) is 2. The first kappa shape index (κ1) is 15.7. The molecule has 8 heteroatoms. The van der Waals surface area contributed by atoms with E-state index in [1.807, 2.05) is 0 Å². The molecule has 1 heterocycles. The van der Waals surface area contributed by atoms with Crippen molar-refractivity contribution in [3.63, 3.8) is 0 Å². The summed E-state index contributed by atoms with van der Waals surface area (Å²) in [6.07, 6.45) is 0.264. The summed E-state index contributed by atoms with van der Waals surface area (Å²) >= 11 is 3.20. The van der Waals surface area contributed by atoms with Crippen LogP contribution in [0.1, 0.15) is 6.42 Å². The van der Waals surface area contributed by atoms with Gasteiger partial charge in [-0.25, -0.2) is 0 Å². The second-order valence-electron chi connectivity index (χ2n) is 4.63. The zero-order valence-corrected chi connectivity index (χ0v) is 13.0. The van der Waals surface area contributed by atoms with Crippen LogP contribution in [0, 0.1) is 10.1 Å². The molecule has 0 spiro atoms. The summed E-state index contributed by atoms with van der Waals surface area (Å²) in [5.74, 6) is 0.421. The monoisotopic (exact) mass is 357 g/mol. The van der Waals surface area contributed by atoms with E-state index in [0.717, 1.165) is 13.1 Å². The van der Waals surface area contributed by atoms with E-state index in [4.69, 9.17) is 4.74 Å². The second-order valence-corrected chi connectivity index (χ2v) is 5.55. The highest BCUT2D eigenvalue weighted by Crippen LogP contribution is 2.26. The molecule has 0 saturated carbocycles. The summed E-state index contributed by atoms with van der Waals surface area (Å²) < 4.78 is 6.01. The Kier molecular flexibility index (Phi) is 5.51. The zero-order chi connectivity index (χ0) is 15.2. The van der Waals surface area contributed by atoms with E-state index in [0.29, 0.717) is 23.3 Å². The topological polar surface area (TPSA) is 84.7 Å². The zero-order valence-electron chi connectivity index (χ0n) is 11.4. The van der Waals surface area contributed by atoms with Gasteiger partial charge in [0.2, 0.25) is 5.91 Å². The third-order valence-electron chi connectivity index (χ3n) is 3.12. The van der Waals surface area contributed by atoms with Gasteiger partial charge >= 0.3 is 0 Å². The number of non-ortho nitro benzene ring substituents is 1. The Morgan fingerprint density at radius 2 is 2.10 bits per heavy atom. The van der Waals surface area contributed by atoms with E-state index in [-0.39, 0.29) is 24.6 Å². The molecule has 1 N–H and O–H groups in total. The first-order valence-corrected chi connectivity index (χ1v) is 7.42. The van der Waals surface area contributed by atoms with Crippen molar-refractivity contribution in [1.29, 1.82) is 0 Å². The van der Waals surface area contributed by atoms with Crippen LogP contribution >= 0.6 is 15.9 Å². The van der Waals surface area contributed by atoms with Crippen LogP contribution in [0.4, 0.5) is 5.69 Å².